The number of Topliss-reactive ketones (excluding diaryl/α,β-unsaturated/α-hetero) is 1. The van der Waals surface area contributed by atoms with E-state index in [1.807, 2.05) is 0 Å². The Labute approximate surface area is 116 Å². The molecule has 0 N–H and O–H groups in total. The molecule has 0 saturated carbocycles. The van der Waals surface area contributed by atoms with Gasteiger partial charge in [0, 0.05) is 25.7 Å². The molecule has 1 aliphatic rings. The fourth-order valence-corrected chi connectivity index (χ4v) is 2.22. The van der Waals surface area contributed by atoms with Gasteiger partial charge in [0.25, 0.3) is 5.91 Å². The summed E-state index contributed by atoms with van der Waals surface area (Å²) in [4.78, 5) is 41.2. The molecule has 0 bridgehead atoms. The first-order chi connectivity index (χ1) is 9.63. The Morgan fingerprint density at radius 1 is 1.35 bits per heavy atom. The van der Waals surface area contributed by atoms with E-state index in [9.17, 15) is 14.4 Å². The zero-order chi connectivity index (χ0) is 14.5. The van der Waals surface area contributed by atoms with Crippen molar-refractivity contribution in [1.82, 2.24) is 9.88 Å². The number of hydrogen-bond acceptors (Lipinski definition) is 5. The lowest BCUT2D eigenvalue weighted by atomic mass is 10.00. The topological polar surface area (TPSA) is 76.6 Å². The summed E-state index contributed by atoms with van der Waals surface area (Å²) >= 11 is 0. The average molecular weight is 276 g/mol. The minimum Gasteiger partial charge on any atom is -0.468 e. The summed E-state index contributed by atoms with van der Waals surface area (Å²) in [5.41, 5.74) is 0.344. The normalized spacial score (nSPS) is 19.4. The Balaban J connectivity index is 2.08. The monoisotopic (exact) mass is 276 g/mol. The SMILES string of the molecule is COC(=O)C1CCN(C(=O)c2ccccn2)CCC1=O. The molecular formula is C14H16N2O4. The van der Waals surface area contributed by atoms with E-state index < -0.39 is 11.9 Å². The van der Waals surface area contributed by atoms with Crippen LogP contribution in [0, 0.1) is 5.92 Å². The Hall–Kier alpha value is -2.24. The second-order valence-corrected chi connectivity index (χ2v) is 4.59. The van der Waals surface area contributed by atoms with Gasteiger partial charge < -0.3 is 9.64 Å². The van der Waals surface area contributed by atoms with Gasteiger partial charge in [-0.2, -0.15) is 0 Å². The molecule has 1 fully saturated rings. The number of carbonyl (C=O) groups is 3. The van der Waals surface area contributed by atoms with E-state index in [0.29, 0.717) is 25.2 Å². The molecule has 1 aliphatic heterocycles. The minimum atomic E-state index is -0.762. The molecule has 0 spiro atoms. The largest absolute Gasteiger partial charge is 0.468 e. The molecule has 1 atom stereocenters. The number of nitrogens with zero attached hydrogens (tertiary/aromatic N) is 2. The Morgan fingerprint density at radius 3 is 2.80 bits per heavy atom. The molecule has 2 heterocycles. The molecule has 0 aromatic carbocycles. The van der Waals surface area contributed by atoms with Crippen molar-refractivity contribution in [2.75, 3.05) is 20.2 Å². The molecular weight excluding hydrogens is 260 g/mol. The summed E-state index contributed by atoms with van der Waals surface area (Å²) in [7, 11) is 1.26. The number of pyridine rings is 1. The van der Waals surface area contributed by atoms with Gasteiger partial charge in [-0.3, -0.25) is 19.4 Å². The molecule has 2 rings (SSSR count). The van der Waals surface area contributed by atoms with Crippen molar-refractivity contribution in [2.45, 2.75) is 12.8 Å². The van der Waals surface area contributed by atoms with E-state index in [1.54, 1.807) is 29.3 Å². The summed E-state index contributed by atoms with van der Waals surface area (Å²) in [6.45, 7) is 0.655. The summed E-state index contributed by atoms with van der Waals surface area (Å²) in [5, 5.41) is 0. The summed E-state index contributed by atoms with van der Waals surface area (Å²) in [6.07, 6.45) is 2.01. The highest BCUT2D eigenvalue weighted by molar-refractivity contribution is 6.00. The lowest BCUT2D eigenvalue weighted by molar-refractivity contribution is -0.149. The number of carbonyl (C=O) groups excluding carboxylic acids is 3. The predicted octanol–water partition coefficient (Wildman–Crippen LogP) is 0.676. The van der Waals surface area contributed by atoms with Crippen LogP contribution in [0.15, 0.2) is 24.4 Å². The Kier molecular flexibility index (Phi) is 4.45. The number of methoxy groups -OCH3 is 1. The average Bonchev–Trinajstić information content (AvgIpc) is 2.68. The standard InChI is InChI=1S/C14H16N2O4/c1-20-14(19)10-5-8-16(9-6-12(10)17)13(18)11-4-2-3-7-15-11/h2-4,7,10H,5-6,8-9H2,1H3. The highest BCUT2D eigenvalue weighted by Crippen LogP contribution is 2.17. The lowest BCUT2D eigenvalue weighted by Gasteiger charge is -2.19. The van der Waals surface area contributed by atoms with Crippen LogP contribution in [0.3, 0.4) is 0 Å². The zero-order valence-corrected chi connectivity index (χ0v) is 11.2. The fraction of sp³-hybridized carbons (Fsp3) is 0.429. The maximum absolute atomic E-state index is 12.2. The number of amides is 1. The quantitative estimate of drug-likeness (QED) is 0.586. The first kappa shape index (κ1) is 14.2. The first-order valence-corrected chi connectivity index (χ1v) is 6.44. The predicted molar refractivity (Wildman–Crippen MR) is 69.9 cm³/mol. The number of likely N-dealkylation sites (tertiary alicyclic amines) is 1. The number of esters is 1. The smallest absolute Gasteiger partial charge is 0.316 e. The van der Waals surface area contributed by atoms with Crippen molar-refractivity contribution in [3.8, 4) is 0 Å². The summed E-state index contributed by atoms with van der Waals surface area (Å²) in [6, 6.07) is 5.10. The van der Waals surface area contributed by atoms with Crippen LogP contribution in [0.2, 0.25) is 0 Å². The number of ether oxygens (including phenoxy) is 1. The molecule has 6 nitrogen and oxygen atoms in total. The van der Waals surface area contributed by atoms with Crippen molar-refractivity contribution in [2.24, 2.45) is 5.92 Å². The summed E-state index contributed by atoms with van der Waals surface area (Å²) < 4.78 is 4.62. The maximum Gasteiger partial charge on any atom is 0.316 e. The third-order valence-corrected chi connectivity index (χ3v) is 3.36. The number of aromatic nitrogens is 1. The molecule has 1 amide bonds. The molecule has 1 saturated heterocycles. The molecule has 1 aromatic rings. The maximum atomic E-state index is 12.2. The zero-order valence-electron chi connectivity index (χ0n) is 11.2. The van der Waals surface area contributed by atoms with Crippen LogP contribution in [0.5, 0.6) is 0 Å². The Bertz CT molecular complexity index is 515. The van der Waals surface area contributed by atoms with Crippen molar-refractivity contribution in [1.29, 1.82) is 0 Å². The first-order valence-electron chi connectivity index (χ1n) is 6.44. The van der Waals surface area contributed by atoms with Gasteiger partial charge in [0.15, 0.2) is 0 Å². The van der Waals surface area contributed by atoms with E-state index in [2.05, 4.69) is 9.72 Å². The van der Waals surface area contributed by atoms with Crippen LogP contribution in [0.4, 0.5) is 0 Å². The van der Waals surface area contributed by atoms with Crippen molar-refractivity contribution < 1.29 is 19.1 Å². The molecule has 1 unspecified atom stereocenters. The Morgan fingerprint density at radius 2 is 2.15 bits per heavy atom. The van der Waals surface area contributed by atoms with Crippen LogP contribution >= 0.6 is 0 Å². The molecule has 1 aromatic heterocycles. The lowest BCUT2D eigenvalue weighted by Crippen LogP contribution is -2.32. The van der Waals surface area contributed by atoms with E-state index in [1.165, 1.54) is 7.11 Å². The number of hydrogen-bond donors (Lipinski definition) is 0. The van der Waals surface area contributed by atoms with Crippen LogP contribution in [0.25, 0.3) is 0 Å². The number of rotatable bonds is 2. The van der Waals surface area contributed by atoms with Gasteiger partial charge in [-0.05, 0) is 18.6 Å². The fourth-order valence-electron chi connectivity index (χ4n) is 2.22. The van der Waals surface area contributed by atoms with Gasteiger partial charge in [0.05, 0.1) is 7.11 Å². The van der Waals surface area contributed by atoms with Crippen molar-refractivity contribution >= 4 is 17.7 Å². The highest BCUT2D eigenvalue weighted by Gasteiger charge is 2.32. The van der Waals surface area contributed by atoms with E-state index in [4.69, 9.17) is 0 Å². The second kappa shape index (κ2) is 6.27. The van der Waals surface area contributed by atoms with Gasteiger partial charge in [-0.1, -0.05) is 6.07 Å². The third kappa shape index (κ3) is 3.01. The van der Waals surface area contributed by atoms with Gasteiger partial charge >= 0.3 is 5.97 Å². The molecule has 20 heavy (non-hydrogen) atoms. The summed E-state index contributed by atoms with van der Waals surface area (Å²) in [5.74, 6) is -1.68. The third-order valence-electron chi connectivity index (χ3n) is 3.36. The van der Waals surface area contributed by atoms with Crippen LogP contribution in [-0.2, 0) is 14.3 Å². The van der Waals surface area contributed by atoms with Gasteiger partial charge in [-0.15, -0.1) is 0 Å². The van der Waals surface area contributed by atoms with E-state index >= 15 is 0 Å². The second-order valence-electron chi connectivity index (χ2n) is 4.59. The minimum absolute atomic E-state index is 0.165. The highest BCUT2D eigenvalue weighted by atomic mass is 16.5. The van der Waals surface area contributed by atoms with Gasteiger partial charge in [0.1, 0.15) is 17.4 Å². The van der Waals surface area contributed by atoms with Crippen LogP contribution in [-0.4, -0.2) is 47.7 Å². The van der Waals surface area contributed by atoms with Crippen LogP contribution < -0.4 is 0 Å². The van der Waals surface area contributed by atoms with Crippen molar-refractivity contribution in [3.05, 3.63) is 30.1 Å². The molecule has 6 heteroatoms. The van der Waals surface area contributed by atoms with Gasteiger partial charge in [0.2, 0.25) is 0 Å². The molecule has 0 radical (unpaired) electrons. The van der Waals surface area contributed by atoms with E-state index in [-0.39, 0.29) is 18.1 Å². The molecule has 0 aliphatic carbocycles. The van der Waals surface area contributed by atoms with Gasteiger partial charge in [-0.25, -0.2) is 0 Å². The molecule has 106 valence electrons. The van der Waals surface area contributed by atoms with Crippen LogP contribution in [0.1, 0.15) is 23.3 Å². The van der Waals surface area contributed by atoms with Crippen molar-refractivity contribution in [3.63, 3.8) is 0 Å². The number of ketones is 1. The van der Waals surface area contributed by atoms with E-state index in [0.717, 1.165) is 0 Å².